The molecule has 0 fully saturated rings. The van der Waals surface area contributed by atoms with Gasteiger partial charge >= 0.3 is 5.97 Å². The molecule has 0 atom stereocenters. The molecule has 0 N–H and O–H groups in total. The summed E-state index contributed by atoms with van der Waals surface area (Å²) >= 11 is 0. The molecule has 0 aliphatic rings. The zero-order valence-corrected chi connectivity index (χ0v) is 12.0. The van der Waals surface area contributed by atoms with Crippen LogP contribution < -0.4 is 0 Å². The second-order valence-corrected chi connectivity index (χ2v) is 4.64. The number of nitrogens with zero attached hydrogens (tertiary/aromatic N) is 4. The molecular weight excluding hydrogens is 280 g/mol. The fraction of sp³-hybridized carbons (Fsp3) is 0.125. The molecule has 0 aromatic carbocycles. The highest BCUT2D eigenvalue weighted by atomic mass is 16.5. The van der Waals surface area contributed by atoms with Gasteiger partial charge in [-0.15, -0.1) is 0 Å². The summed E-state index contributed by atoms with van der Waals surface area (Å²) in [5.41, 5.74) is 1.80. The minimum absolute atomic E-state index is 0.133. The predicted molar refractivity (Wildman–Crippen MR) is 79.5 cm³/mol. The van der Waals surface area contributed by atoms with Gasteiger partial charge in [0.05, 0.1) is 17.6 Å². The number of esters is 1. The van der Waals surface area contributed by atoms with Crippen LogP contribution in [0.5, 0.6) is 0 Å². The molecule has 0 saturated carbocycles. The van der Waals surface area contributed by atoms with Crippen molar-refractivity contribution in [1.82, 2.24) is 19.7 Å². The van der Waals surface area contributed by atoms with Crippen LogP contribution in [-0.4, -0.2) is 25.7 Å². The first-order valence-corrected chi connectivity index (χ1v) is 6.79. The molecule has 3 rings (SSSR count). The number of carbonyl (C=O) groups excluding carboxylic acids is 1. The largest absolute Gasteiger partial charge is 0.455 e. The lowest BCUT2D eigenvalue weighted by molar-refractivity contribution is 0.0467. The Hall–Kier alpha value is -3.02. The molecule has 3 aromatic heterocycles. The Labute approximate surface area is 127 Å². The van der Waals surface area contributed by atoms with E-state index < -0.39 is 5.97 Å². The van der Waals surface area contributed by atoms with Crippen molar-refractivity contribution < 1.29 is 9.53 Å². The van der Waals surface area contributed by atoms with Crippen LogP contribution in [0, 0.1) is 6.92 Å². The van der Waals surface area contributed by atoms with Crippen molar-refractivity contribution in [2.24, 2.45) is 0 Å². The summed E-state index contributed by atoms with van der Waals surface area (Å²) in [5.74, 6) is 0.231. The topological polar surface area (TPSA) is 69.9 Å². The van der Waals surface area contributed by atoms with E-state index in [1.54, 1.807) is 30.1 Å². The van der Waals surface area contributed by atoms with Crippen molar-refractivity contribution >= 4 is 5.97 Å². The molecule has 0 aliphatic carbocycles. The Morgan fingerprint density at radius 1 is 1.14 bits per heavy atom. The lowest BCUT2D eigenvalue weighted by Crippen LogP contribution is -2.08. The van der Waals surface area contributed by atoms with Gasteiger partial charge in [-0.25, -0.2) is 14.5 Å². The third-order valence-electron chi connectivity index (χ3n) is 3.17. The highest BCUT2D eigenvalue weighted by Crippen LogP contribution is 2.13. The third-order valence-corrected chi connectivity index (χ3v) is 3.17. The first kappa shape index (κ1) is 13.9. The molecule has 0 spiro atoms. The first-order valence-electron chi connectivity index (χ1n) is 6.79. The van der Waals surface area contributed by atoms with Gasteiger partial charge in [0.2, 0.25) is 0 Å². The molecule has 110 valence electrons. The number of pyridine rings is 2. The summed E-state index contributed by atoms with van der Waals surface area (Å²) in [4.78, 5) is 20.5. The molecule has 0 saturated heterocycles. The summed E-state index contributed by atoms with van der Waals surface area (Å²) in [5, 5.41) is 4.20. The average Bonchev–Trinajstić information content (AvgIpc) is 2.96. The molecule has 6 nitrogen and oxygen atoms in total. The zero-order chi connectivity index (χ0) is 15.4. The van der Waals surface area contributed by atoms with Gasteiger partial charge < -0.3 is 4.74 Å². The molecule has 0 aliphatic heterocycles. The second kappa shape index (κ2) is 6.17. The molecular formula is C16H14N4O2. The van der Waals surface area contributed by atoms with Crippen LogP contribution in [-0.2, 0) is 11.3 Å². The normalized spacial score (nSPS) is 10.4. The SMILES string of the molecule is Cc1c(C(=O)OCc2ccccn2)cnn1-c1ccccn1. The Bertz CT molecular complexity index is 769. The van der Waals surface area contributed by atoms with Gasteiger partial charge in [-0.3, -0.25) is 4.98 Å². The monoisotopic (exact) mass is 294 g/mol. The summed E-state index contributed by atoms with van der Waals surface area (Å²) in [6, 6.07) is 11.0. The number of hydrogen-bond acceptors (Lipinski definition) is 5. The van der Waals surface area contributed by atoms with E-state index in [0.29, 0.717) is 22.8 Å². The van der Waals surface area contributed by atoms with Gasteiger partial charge in [-0.1, -0.05) is 12.1 Å². The van der Waals surface area contributed by atoms with Crippen LogP contribution in [0.2, 0.25) is 0 Å². The van der Waals surface area contributed by atoms with E-state index in [1.807, 2.05) is 30.3 Å². The zero-order valence-electron chi connectivity index (χ0n) is 12.0. The molecule has 0 unspecified atom stereocenters. The Balaban J connectivity index is 1.75. The number of carbonyl (C=O) groups is 1. The van der Waals surface area contributed by atoms with Crippen LogP contribution in [0.15, 0.2) is 55.0 Å². The predicted octanol–water partition coefficient (Wildman–Crippen LogP) is 2.33. The van der Waals surface area contributed by atoms with E-state index in [1.165, 1.54) is 6.20 Å². The molecule has 0 radical (unpaired) electrons. The fourth-order valence-corrected chi connectivity index (χ4v) is 2.02. The number of ether oxygens (including phenoxy) is 1. The van der Waals surface area contributed by atoms with Crippen molar-refractivity contribution in [1.29, 1.82) is 0 Å². The van der Waals surface area contributed by atoms with Crippen molar-refractivity contribution in [2.45, 2.75) is 13.5 Å². The molecule has 0 bridgehead atoms. The van der Waals surface area contributed by atoms with Crippen LogP contribution in [0.4, 0.5) is 0 Å². The minimum Gasteiger partial charge on any atom is -0.455 e. The van der Waals surface area contributed by atoms with Gasteiger partial charge in [0.25, 0.3) is 0 Å². The summed E-state index contributed by atoms with van der Waals surface area (Å²) in [7, 11) is 0. The van der Waals surface area contributed by atoms with Crippen molar-refractivity contribution in [2.75, 3.05) is 0 Å². The van der Waals surface area contributed by atoms with Crippen LogP contribution in [0.1, 0.15) is 21.7 Å². The number of rotatable bonds is 4. The van der Waals surface area contributed by atoms with Gasteiger partial charge in [0.1, 0.15) is 12.2 Å². The van der Waals surface area contributed by atoms with E-state index >= 15 is 0 Å². The molecule has 0 amide bonds. The summed E-state index contributed by atoms with van der Waals surface area (Å²) < 4.78 is 6.88. The average molecular weight is 294 g/mol. The van der Waals surface area contributed by atoms with Crippen molar-refractivity contribution in [3.05, 3.63) is 71.9 Å². The third kappa shape index (κ3) is 2.85. The van der Waals surface area contributed by atoms with Crippen molar-refractivity contribution in [3.8, 4) is 5.82 Å². The Morgan fingerprint density at radius 3 is 2.59 bits per heavy atom. The van der Waals surface area contributed by atoms with Crippen LogP contribution >= 0.6 is 0 Å². The van der Waals surface area contributed by atoms with Crippen LogP contribution in [0.25, 0.3) is 5.82 Å². The van der Waals surface area contributed by atoms with E-state index in [4.69, 9.17) is 4.74 Å². The Morgan fingerprint density at radius 2 is 1.91 bits per heavy atom. The number of aromatic nitrogens is 4. The lowest BCUT2D eigenvalue weighted by atomic mass is 10.2. The van der Waals surface area contributed by atoms with Gasteiger partial charge in [-0.2, -0.15) is 5.10 Å². The molecule has 3 heterocycles. The van der Waals surface area contributed by atoms with E-state index in [0.717, 1.165) is 0 Å². The summed E-state index contributed by atoms with van der Waals surface area (Å²) in [6.07, 6.45) is 4.83. The summed E-state index contributed by atoms with van der Waals surface area (Å²) in [6.45, 7) is 1.94. The van der Waals surface area contributed by atoms with Crippen LogP contribution in [0.3, 0.4) is 0 Å². The molecule has 22 heavy (non-hydrogen) atoms. The maximum Gasteiger partial charge on any atom is 0.342 e. The fourth-order valence-electron chi connectivity index (χ4n) is 2.02. The van der Waals surface area contributed by atoms with E-state index in [-0.39, 0.29) is 6.61 Å². The van der Waals surface area contributed by atoms with Gasteiger partial charge in [0.15, 0.2) is 5.82 Å². The standard InChI is InChI=1S/C16H14N4O2/c1-12-14(10-19-20(12)15-7-3-5-9-18-15)16(21)22-11-13-6-2-4-8-17-13/h2-10H,11H2,1H3. The second-order valence-electron chi connectivity index (χ2n) is 4.64. The van der Waals surface area contributed by atoms with Gasteiger partial charge in [-0.05, 0) is 31.2 Å². The first-order chi connectivity index (χ1) is 10.8. The highest BCUT2D eigenvalue weighted by molar-refractivity contribution is 5.90. The quantitative estimate of drug-likeness (QED) is 0.691. The van der Waals surface area contributed by atoms with E-state index in [9.17, 15) is 4.79 Å². The number of hydrogen-bond donors (Lipinski definition) is 0. The maximum absolute atomic E-state index is 12.2. The van der Waals surface area contributed by atoms with Gasteiger partial charge in [0, 0.05) is 12.4 Å². The van der Waals surface area contributed by atoms with E-state index in [2.05, 4.69) is 15.1 Å². The minimum atomic E-state index is -0.426. The molecule has 6 heteroatoms. The Kier molecular flexibility index (Phi) is 3.91. The lowest BCUT2D eigenvalue weighted by Gasteiger charge is -2.05. The molecule has 3 aromatic rings. The smallest absolute Gasteiger partial charge is 0.342 e. The van der Waals surface area contributed by atoms with Crippen molar-refractivity contribution in [3.63, 3.8) is 0 Å². The highest BCUT2D eigenvalue weighted by Gasteiger charge is 2.17. The maximum atomic E-state index is 12.2.